The zero-order chi connectivity index (χ0) is 20.1. The van der Waals surface area contributed by atoms with Crippen molar-refractivity contribution in [3.8, 4) is 16.9 Å². The van der Waals surface area contributed by atoms with Gasteiger partial charge in [-0.25, -0.2) is 4.99 Å². The number of anilines is 1. The maximum absolute atomic E-state index is 12.5. The van der Waals surface area contributed by atoms with Crippen LogP contribution in [0, 0.1) is 0 Å². The molecule has 0 unspecified atom stereocenters. The molecule has 0 radical (unpaired) electrons. The number of alkyl halides is 3. The van der Waals surface area contributed by atoms with Crippen LogP contribution in [0.4, 0.5) is 18.9 Å². The van der Waals surface area contributed by atoms with Crippen LogP contribution < -0.4 is 15.8 Å². The third-order valence-corrected chi connectivity index (χ3v) is 3.77. The lowest BCUT2D eigenvalue weighted by atomic mass is 10.1. The fraction of sp³-hybridized carbons (Fsp3) is 0.158. The standard InChI is InChI=1S/C19H18F3N5O/c1-27-12-15(11-25-27)14-6-4-5-13(9-14)10-24-18(23)26-16-7-2-3-8-17(16)28-19(20,21)22/h2-9,11-12H,10H2,1H3,(H3,23,24,26). The fourth-order valence-corrected chi connectivity index (χ4v) is 2.56. The molecule has 3 rings (SSSR count). The second kappa shape index (κ2) is 8.03. The van der Waals surface area contributed by atoms with Crippen molar-refractivity contribution in [2.45, 2.75) is 12.9 Å². The highest BCUT2D eigenvalue weighted by molar-refractivity contribution is 5.93. The van der Waals surface area contributed by atoms with Crippen molar-refractivity contribution in [3.63, 3.8) is 0 Å². The molecule has 146 valence electrons. The highest BCUT2D eigenvalue weighted by Gasteiger charge is 2.32. The average Bonchev–Trinajstić information content (AvgIpc) is 3.07. The minimum absolute atomic E-state index is 0.0231. The molecular weight excluding hydrogens is 371 g/mol. The number of nitrogens with one attached hydrogen (secondary N) is 1. The van der Waals surface area contributed by atoms with Gasteiger partial charge >= 0.3 is 6.36 Å². The molecule has 0 amide bonds. The highest BCUT2D eigenvalue weighted by atomic mass is 19.4. The zero-order valence-corrected chi connectivity index (χ0v) is 14.9. The number of aliphatic imine (C=N–C) groups is 1. The summed E-state index contributed by atoms with van der Waals surface area (Å²) in [6.45, 7) is 0.259. The van der Waals surface area contributed by atoms with Gasteiger partial charge in [0.2, 0.25) is 0 Å². The van der Waals surface area contributed by atoms with Crippen LogP contribution in [0.15, 0.2) is 65.9 Å². The molecule has 3 N–H and O–H groups in total. The number of nitrogens with two attached hydrogens (primary N) is 1. The summed E-state index contributed by atoms with van der Waals surface area (Å²) in [4.78, 5) is 4.19. The topological polar surface area (TPSA) is 77.5 Å². The van der Waals surface area contributed by atoms with Crippen LogP contribution in [0.5, 0.6) is 5.75 Å². The Kier molecular flexibility index (Phi) is 5.53. The van der Waals surface area contributed by atoms with Gasteiger partial charge < -0.3 is 15.8 Å². The van der Waals surface area contributed by atoms with Crippen molar-refractivity contribution in [1.82, 2.24) is 9.78 Å². The van der Waals surface area contributed by atoms with Gasteiger partial charge in [0.1, 0.15) is 0 Å². The van der Waals surface area contributed by atoms with Crippen molar-refractivity contribution in [2.24, 2.45) is 17.8 Å². The van der Waals surface area contributed by atoms with E-state index in [2.05, 4.69) is 20.1 Å². The summed E-state index contributed by atoms with van der Waals surface area (Å²) in [5, 5.41) is 6.79. The summed E-state index contributed by atoms with van der Waals surface area (Å²) in [7, 11) is 1.84. The van der Waals surface area contributed by atoms with Gasteiger partial charge in [0, 0.05) is 18.8 Å². The second-order valence-corrected chi connectivity index (χ2v) is 5.97. The maximum Gasteiger partial charge on any atom is 0.573 e. The molecule has 28 heavy (non-hydrogen) atoms. The molecule has 2 aromatic carbocycles. The summed E-state index contributed by atoms with van der Waals surface area (Å²) in [6.07, 6.45) is -1.14. The number of aryl methyl sites for hydroxylation is 1. The number of para-hydroxylation sites is 2. The summed E-state index contributed by atoms with van der Waals surface area (Å²) in [5.74, 6) is -0.406. The average molecular weight is 389 g/mol. The van der Waals surface area contributed by atoms with E-state index < -0.39 is 6.36 Å². The Bertz CT molecular complexity index is 981. The smallest absolute Gasteiger partial charge is 0.404 e. The maximum atomic E-state index is 12.5. The summed E-state index contributed by atoms with van der Waals surface area (Å²) >= 11 is 0. The lowest BCUT2D eigenvalue weighted by molar-refractivity contribution is -0.274. The van der Waals surface area contributed by atoms with E-state index >= 15 is 0 Å². The lowest BCUT2D eigenvalue weighted by Gasteiger charge is -2.14. The van der Waals surface area contributed by atoms with Crippen LogP contribution in [0.25, 0.3) is 11.1 Å². The van der Waals surface area contributed by atoms with E-state index in [0.29, 0.717) is 0 Å². The Hall–Kier alpha value is -3.49. The van der Waals surface area contributed by atoms with Gasteiger partial charge in [-0.3, -0.25) is 4.68 Å². The molecule has 6 nitrogen and oxygen atoms in total. The number of guanidine groups is 1. The van der Waals surface area contributed by atoms with E-state index in [-0.39, 0.29) is 23.9 Å². The molecule has 1 aromatic heterocycles. The van der Waals surface area contributed by atoms with Crippen molar-refractivity contribution in [1.29, 1.82) is 0 Å². The van der Waals surface area contributed by atoms with Gasteiger partial charge in [-0.1, -0.05) is 30.3 Å². The molecule has 0 saturated carbocycles. The van der Waals surface area contributed by atoms with Crippen LogP contribution in [0.2, 0.25) is 0 Å². The third-order valence-electron chi connectivity index (χ3n) is 3.77. The Labute approximate surface area is 159 Å². The third kappa shape index (κ3) is 5.26. The van der Waals surface area contributed by atoms with Gasteiger partial charge in [0.05, 0.1) is 18.4 Å². The summed E-state index contributed by atoms with van der Waals surface area (Å²) in [6, 6.07) is 13.3. The largest absolute Gasteiger partial charge is 0.573 e. The second-order valence-electron chi connectivity index (χ2n) is 5.97. The molecule has 0 fully saturated rings. The van der Waals surface area contributed by atoms with Gasteiger partial charge in [-0.05, 0) is 29.3 Å². The number of hydrogen-bond donors (Lipinski definition) is 2. The molecule has 0 spiro atoms. The van der Waals surface area contributed by atoms with Crippen molar-refractivity contribution in [2.75, 3.05) is 5.32 Å². The van der Waals surface area contributed by atoms with Crippen molar-refractivity contribution < 1.29 is 17.9 Å². The number of halogens is 3. The molecule has 0 atom stereocenters. The number of nitrogens with zero attached hydrogens (tertiary/aromatic N) is 3. The first-order valence-corrected chi connectivity index (χ1v) is 8.30. The molecule has 0 aliphatic heterocycles. The predicted molar refractivity (Wildman–Crippen MR) is 101 cm³/mol. The Morgan fingerprint density at radius 3 is 2.68 bits per heavy atom. The van der Waals surface area contributed by atoms with E-state index in [4.69, 9.17) is 5.73 Å². The predicted octanol–water partition coefficient (Wildman–Crippen LogP) is 3.91. The first kappa shape index (κ1) is 19.3. The van der Waals surface area contributed by atoms with Crippen LogP contribution in [0.3, 0.4) is 0 Å². The summed E-state index contributed by atoms with van der Waals surface area (Å²) in [5.41, 5.74) is 8.75. The van der Waals surface area contributed by atoms with E-state index in [1.54, 1.807) is 16.9 Å². The molecule has 0 saturated heterocycles. The van der Waals surface area contributed by atoms with E-state index in [0.717, 1.165) is 16.7 Å². The highest BCUT2D eigenvalue weighted by Crippen LogP contribution is 2.29. The van der Waals surface area contributed by atoms with Gasteiger partial charge in [-0.2, -0.15) is 5.10 Å². The Morgan fingerprint density at radius 2 is 1.96 bits per heavy atom. The fourth-order valence-electron chi connectivity index (χ4n) is 2.56. The van der Waals surface area contributed by atoms with E-state index in [9.17, 15) is 13.2 Å². The first-order chi connectivity index (χ1) is 13.3. The Balaban J connectivity index is 1.70. The number of rotatable bonds is 5. The Morgan fingerprint density at radius 1 is 1.18 bits per heavy atom. The number of benzene rings is 2. The van der Waals surface area contributed by atoms with Crippen LogP contribution in [0.1, 0.15) is 5.56 Å². The SMILES string of the molecule is Cn1cc(-c2cccc(CN=C(N)Nc3ccccc3OC(F)(F)F)c2)cn1. The van der Waals surface area contributed by atoms with Gasteiger partial charge in [0.25, 0.3) is 0 Å². The van der Waals surface area contributed by atoms with Crippen LogP contribution in [-0.2, 0) is 13.6 Å². The number of ether oxygens (including phenoxy) is 1. The molecule has 3 aromatic rings. The van der Waals surface area contributed by atoms with Crippen molar-refractivity contribution >= 4 is 11.6 Å². The molecule has 1 heterocycles. The molecule has 0 aliphatic rings. The zero-order valence-electron chi connectivity index (χ0n) is 14.9. The first-order valence-electron chi connectivity index (χ1n) is 8.30. The minimum atomic E-state index is -4.80. The lowest BCUT2D eigenvalue weighted by Crippen LogP contribution is -2.24. The molecule has 0 bridgehead atoms. The normalized spacial score (nSPS) is 12.1. The monoisotopic (exact) mass is 389 g/mol. The molecule has 0 aliphatic carbocycles. The van der Waals surface area contributed by atoms with Gasteiger partial charge in [0.15, 0.2) is 11.7 Å². The van der Waals surface area contributed by atoms with Crippen LogP contribution >= 0.6 is 0 Å². The van der Waals surface area contributed by atoms with E-state index in [1.165, 1.54) is 18.2 Å². The number of hydrogen-bond acceptors (Lipinski definition) is 3. The summed E-state index contributed by atoms with van der Waals surface area (Å²) < 4.78 is 43.2. The quantitative estimate of drug-likeness (QED) is 0.512. The number of aromatic nitrogens is 2. The van der Waals surface area contributed by atoms with Gasteiger partial charge in [-0.15, -0.1) is 13.2 Å². The minimum Gasteiger partial charge on any atom is -0.404 e. The van der Waals surface area contributed by atoms with Crippen molar-refractivity contribution in [3.05, 3.63) is 66.5 Å². The molecule has 9 heteroatoms. The molecular formula is C19H18F3N5O. The van der Waals surface area contributed by atoms with E-state index in [1.807, 2.05) is 37.5 Å². The van der Waals surface area contributed by atoms with Crippen LogP contribution in [-0.4, -0.2) is 22.1 Å².